The van der Waals surface area contributed by atoms with E-state index >= 15 is 0 Å². The molecule has 1 saturated heterocycles. The van der Waals surface area contributed by atoms with Crippen LogP contribution in [0, 0.1) is 0 Å². The van der Waals surface area contributed by atoms with Crippen molar-refractivity contribution < 1.29 is 34.1 Å². The van der Waals surface area contributed by atoms with Crippen LogP contribution in [0.1, 0.15) is 67.6 Å². The maximum atomic E-state index is 12.4. The molecule has 3 aromatic rings. The van der Waals surface area contributed by atoms with E-state index in [1.165, 1.54) is 0 Å². The third-order valence-corrected chi connectivity index (χ3v) is 8.19. The summed E-state index contributed by atoms with van der Waals surface area (Å²) in [6, 6.07) is 23.2. The van der Waals surface area contributed by atoms with Gasteiger partial charge in [0.1, 0.15) is 5.75 Å². The molecule has 10 heteroatoms. The molecule has 3 unspecified atom stereocenters. The Bertz CT molecular complexity index is 1290. The minimum atomic E-state index is -0.592. The van der Waals surface area contributed by atoms with Gasteiger partial charge in [-0.15, -0.1) is 11.8 Å². The van der Waals surface area contributed by atoms with E-state index in [0.717, 1.165) is 33.8 Å². The number of carbonyl (C=O) groups is 2. The second kappa shape index (κ2) is 16.3. The number of para-hydroxylation sites is 1. The quantitative estimate of drug-likeness (QED) is 0.0784. The number of benzene rings is 3. The number of thioether (sulfide) groups is 1. The zero-order chi connectivity index (χ0) is 29.7. The summed E-state index contributed by atoms with van der Waals surface area (Å²) in [5.74, 6) is 1.02. The summed E-state index contributed by atoms with van der Waals surface area (Å²) in [5, 5.41) is 20.9. The van der Waals surface area contributed by atoms with Crippen LogP contribution in [0.25, 0.3) is 0 Å². The molecule has 0 radical (unpaired) electrons. The lowest BCUT2D eigenvalue weighted by Crippen LogP contribution is -2.31. The topological polar surface area (TPSA) is 126 Å². The van der Waals surface area contributed by atoms with Gasteiger partial charge in [0.25, 0.3) is 0 Å². The molecule has 0 aromatic heterocycles. The van der Waals surface area contributed by atoms with Crippen LogP contribution in [0.5, 0.6) is 5.75 Å². The molecular formula is C32H38N2O7S. The number of ether oxygens (including phenoxy) is 3. The molecule has 0 aliphatic carbocycles. The van der Waals surface area contributed by atoms with Crippen LogP contribution in [0.4, 0.5) is 5.69 Å². The SMILES string of the molecule is COc1ccccc1SCC1CC(c2ccc(CO)cc2)OC(c2ccc(NC(=O)CCCCCC(=O)NO)cc2)O1. The highest BCUT2D eigenvalue weighted by molar-refractivity contribution is 7.99. The zero-order valence-corrected chi connectivity index (χ0v) is 24.5. The van der Waals surface area contributed by atoms with Crippen molar-refractivity contribution in [1.29, 1.82) is 0 Å². The highest BCUT2D eigenvalue weighted by atomic mass is 32.2. The Labute approximate surface area is 250 Å². The predicted octanol–water partition coefficient (Wildman–Crippen LogP) is 5.92. The number of aliphatic hydroxyl groups excluding tert-OH is 1. The minimum absolute atomic E-state index is 0.0120. The number of hydrogen-bond donors (Lipinski definition) is 4. The number of nitrogens with one attached hydrogen (secondary N) is 2. The second-order valence-electron chi connectivity index (χ2n) is 10.1. The number of rotatable bonds is 14. The van der Waals surface area contributed by atoms with E-state index in [0.29, 0.717) is 37.1 Å². The van der Waals surface area contributed by atoms with Crippen molar-refractivity contribution in [2.24, 2.45) is 0 Å². The Kier molecular flexibility index (Phi) is 12.2. The lowest BCUT2D eigenvalue weighted by atomic mass is 10.0. The lowest BCUT2D eigenvalue weighted by Gasteiger charge is -2.36. The van der Waals surface area contributed by atoms with E-state index in [2.05, 4.69) is 5.32 Å². The van der Waals surface area contributed by atoms with Crippen LogP contribution in [-0.2, 0) is 25.7 Å². The van der Waals surface area contributed by atoms with Gasteiger partial charge >= 0.3 is 0 Å². The number of methoxy groups -OCH3 is 1. The number of anilines is 1. The smallest absolute Gasteiger partial charge is 0.243 e. The average Bonchev–Trinajstić information content (AvgIpc) is 3.03. The Balaban J connectivity index is 1.38. The number of aliphatic hydroxyl groups is 1. The number of hydrogen-bond acceptors (Lipinski definition) is 8. The van der Waals surface area contributed by atoms with Crippen LogP contribution >= 0.6 is 11.8 Å². The molecule has 42 heavy (non-hydrogen) atoms. The molecule has 0 spiro atoms. The first-order valence-corrected chi connectivity index (χ1v) is 15.1. The Morgan fingerprint density at radius 3 is 2.29 bits per heavy atom. The molecule has 1 heterocycles. The third kappa shape index (κ3) is 9.30. The summed E-state index contributed by atoms with van der Waals surface area (Å²) < 4.78 is 18.4. The standard InChI is InChI=1S/C32H38N2O7S/c1-39-27-7-5-6-8-29(27)42-21-26-19-28(23-13-11-22(20-35)12-14-23)41-32(40-26)24-15-17-25(18-16-24)33-30(36)9-3-2-4-10-31(37)34-38/h5-8,11-18,26,28,32,35,38H,2-4,9-10,19-21H2,1H3,(H,33,36)(H,34,37). The fourth-order valence-electron chi connectivity index (χ4n) is 4.69. The summed E-state index contributed by atoms with van der Waals surface area (Å²) in [5.41, 5.74) is 5.00. The maximum Gasteiger partial charge on any atom is 0.243 e. The van der Waals surface area contributed by atoms with Gasteiger partial charge in [-0.05, 0) is 48.2 Å². The van der Waals surface area contributed by atoms with Gasteiger partial charge in [-0.3, -0.25) is 14.8 Å². The molecule has 9 nitrogen and oxygen atoms in total. The van der Waals surface area contributed by atoms with Crippen LogP contribution < -0.4 is 15.5 Å². The van der Waals surface area contributed by atoms with E-state index in [-0.39, 0.29) is 31.1 Å². The molecule has 4 N–H and O–H groups in total. The third-order valence-electron chi connectivity index (χ3n) is 7.01. The first kappa shape index (κ1) is 31.5. The van der Waals surface area contributed by atoms with Gasteiger partial charge in [0, 0.05) is 41.2 Å². The highest BCUT2D eigenvalue weighted by Crippen LogP contribution is 2.40. The van der Waals surface area contributed by atoms with E-state index in [9.17, 15) is 14.7 Å². The van der Waals surface area contributed by atoms with Crippen LogP contribution in [0.3, 0.4) is 0 Å². The molecule has 0 bridgehead atoms. The fraction of sp³-hybridized carbons (Fsp3) is 0.375. The molecule has 1 fully saturated rings. The van der Waals surface area contributed by atoms with Crippen molar-refractivity contribution in [2.45, 2.75) is 68.5 Å². The molecule has 3 aromatic carbocycles. The van der Waals surface area contributed by atoms with Crippen molar-refractivity contribution >= 4 is 29.3 Å². The molecule has 1 aliphatic rings. The molecule has 224 valence electrons. The Hall–Kier alpha value is -3.41. The van der Waals surface area contributed by atoms with Crippen LogP contribution in [0.2, 0.25) is 0 Å². The molecule has 0 saturated carbocycles. The first-order valence-electron chi connectivity index (χ1n) is 14.1. The van der Waals surface area contributed by atoms with Gasteiger partial charge in [-0.1, -0.05) is 55.0 Å². The van der Waals surface area contributed by atoms with Gasteiger partial charge in [-0.25, -0.2) is 5.48 Å². The van der Waals surface area contributed by atoms with Crippen molar-refractivity contribution in [2.75, 3.05) is 18.2 Å². The minimum Gasteiger partial charge on any atom is -0.496 e. The summed E-state index contributed by atoms with van der Waals surface area (Å²) in [6.45, 7) is -0.0120. The fourth-order valence-corrected chi connectivity index (χ4v) is 5.74. The monoisotopic (exact) mass is 594 g/mol. The number of carbonyl (C=O) groups excluding carboxylic acids is 2. The zero-order valence-electron chi connectivity index (χ0n) is 23.7. The van der Waals surface area contributed by atoms with E-state index in [1.807, 2.05) is 72.8 Å². The van der Waals surface area contributed by atoms with Crippen molar-refractivity contribution in [3.05, 3.63) is 89.5 Å². The summed E-state index contributed by atoms with van der Waals surface area (Å²) in [6.07, 6.45) is 2.37. The van der Waals surface area contributed by atoms with Gasteiger partial charge in [0.2, 0.25) is 11.8 Å². The van der Waals surface area contributed by atoms with E-state index < -0.39 is 12.2 Å². The number of unbranched alkanes of at least 4 members (excludes halogenated alkanes) is 2. The van der Waals surface area contributed by atoms with Crippen LogP contribution in [-0.4, -0.2) is 41.1 Å². The van der Waals surface area contributed by atoms with Gasteiger partial charge in [0.05, 0.1) is 25.9 Å². The molecule has 4 rings (SSSR count). The summed E-state index contributed by atoms with van der Waals surface area (Å²) in [7, 11) is 1.67. The second-order valence-corrected chi connectivity index (χ2v) is 11.1. The Morgan fingerprint density at radius 1 is 0.905 bits per heavy atom. The lowest BCUT2D eigenvalue weighted by molar-refractivity contribution is -0.245. The van der Waals surface area contributed by atoms with Crippen molar-refractivity contribution in [3.8, 4) is 5.75 Å². The van der Waals surface area contributed by atoms with Crippen molar-refractivity contribution in [3.63, 3.8) is 0 Å². The molecule has 3 atom stereocenters. The van der Waals surface area contributed by atoms with Gasteiger partial charge in [-0.2, -0.15) is 0 Å². The largest absolute Gasteiger partial charge is 0.496 e. The summed E-state index contributed by atoms with van der Waals surface area (Å²) in [4.78, 5) is 24.5. The summed E-state index contributed by atoms with van der Waals surface area (Å²) >= 11 is 1.68. The number of hydroxylamine groups is 1. The normalized spacial score (nSPS) is 18.3. The van der Waals surface area contributed by atoms with Crippen LogP contribution in [0.15, 0.2) is 77.7 Å². The highest BCUT2D eigenvalue weighted by Gasteiger charge is 2.32. The van der Waals surface area contributed by atoms with Gasteiger partial charge < -0.3 is 24.6 Å². The maximum absolute atomic E-state index is 12.4. The molecule has 2 amide bonds. The van der Waals surface area contributed by atoms with E-state index in [4.69, 9.17) is 19.4 Å². The molecular weight excluding hydrogens is 556 g/mol. The Morgan fingerprint density at radius 2 is 1.60 bits per heavy atom. The average molecular weight is 595 g/mol. The van der Waals surface area contributed by atoms with Crippen molar-refractivity contribution in [1.82, 2.24) is 5.48 Å². The molecule has 1 aliphatic heterocycles. The number of amides is 2. The predicted molar refractivity (Wildman–Crippen MR) is 160 cm³/mol. The first-order chi connectivity index (χ1) is 20.5. The van der Waals surface area contributed by atoms with E-state index in [1.54, 1.807) is 24.4 Å². The van der Waals surface area contributed by atoms with Gasteiger partial charge in [0.15, 0.2) is 6.29 Å².